The quantitative estimate of drug-likeness (QED) is 0.652. The van der Waals surface area contributed by atoms with Gasteiger partial charge in [-0.2, -0.15) is 0 Å². The molecule has 3 fully saturated rings. The number of rotatable bonds is 5. The first-order valence-corrected chi connectivity index (χ1v) is 11.9. The van der Waals surface area contributed by atoms with E-state index in [4.69, 9.17) is 14.6 Å². The van der Waals surface area contributed by atoms with Crippen molar-refractivity contribution in [3.63, 3.8) is 0 Å². The van der Waals surface area contributed by atoms with Crippen LogP contribution in [0, 0.1) is 17.7 Å². The van der Waals surface area contributed by atoms with Crippen LogP contribution in [0.25, 0.3) is 0 Å². The molecule has 1 aliphatic carbocycles. The van der Waals surface area contributed by atoms with Gasteiger partial charge in [0.05, 0.1) is 6.10 Å². The van der Waals surface area contributed by atoms with Crippen LogP contribution >= 0.6 is 11.3 Å². The van der Waals surface area contributed by atoms with Crippen LogP contribution in [0.1, 0.15) is 31.2 Å². The zero-order chi connectivity index (χ0) is 22.5. The lowest BCUT2D eigenvalue weighted by Gasteiger charge is -2.35. The zero-order valence-electron chi connectivity index (χ0n) is 17.8. The fraction of sp³-hybridized carbons (Fsp3) is 0.591. The van der Waals surface area contributed by atoms with Gasteiger partial charge in [-0.15, -0.1) is 10.2 Å². The molecule has 5 rings (SSSR count). The van der Waals surface area contributed by atoms with Crippen LogP contribution in [0.15, 0.2) is 23.7 Å². The van der Waals surface area contributed by atoms with E-state index in [9.17, 15) is 5.11 Å². The first kappa shape index (κ1) is 22.9. The Balaban J connectivity index is 0.000000775. The number of aliphatic hydroxyl groups excluding tert-OH is 1. The Kier molecular flexibility index (Phi) is 7.54. The molecule has 2 saturated heterocycles. The normalized spacial score (nSPS) is 27.5. The summed E-state index contributed by atoms with van der Waals surface area (Å²) >= 11 is 1.54. The summed E-state index contributed by atoms with van der Waals surface area (Å²) in [6.07, 6.45) is 2.83. The maximum Gasteiger partial charge on any atom is 0.290 e. The minimum Gasteiger partial charge on any atom is -0.485 e. The van der Waals surface area contributed by atoms with Crippen LogP contribution < -0.4 is 9.64 Å². The lowest BCUT2D eigenvalue weighted by atomic mass is 9.78. The number of ether oxygens (including phenoxy) is 1. The SMILES string of the molecule is O=CO.O[C@@H]1C[C@H]2CN(c3nncs3)C[C@H]2C[C@H]1Oc1cccc(CN2CCCC2)c1F. The number of fused-ring (bicyclic) bond motifs is 1. The summed E-state index contributed by atoms with van der Waals surface area (Å²) in [5.41, 5.74) is 2.42. The molecule has 8 nitrogen and oxygen atoms in total. The van der Waals surface area contributed by atoms with Crippen molar-refractivity contribution in [1.29, 1.82) is 0 Å². The molecular weight excluding hydrogens is 435 g/mol. The van der Waals surface area contributed by atoms with Gasteiger partial charge in [0.1, 0.15) is 11.6 Å². The molecule has 174 valence electrons. The number of hydrogen-bond acceptors (Lipinski definition) is 8. The monoisotopic (exact) mass is 464 g/mol. The van der Waals surface area contributed by atoms with Crippen molar-refractivity contribution in [2.45, 2.75) is 44.4 Å². The van der Waals surface area contributed by atoms with Crippen LogP contribution in [-0.2, 0) is 11.3 Å². The summed E-state index contributed by atoms with van der Waals surface area (Å²) in [6.45, 7) is 4.21. The van der Waals surface area contributed by atoms with Gasteiger partial charge in [0.25, 0.3) is 6.47 Å². The molecule has 2 aromatic rings. The standard InChI is InChI=1S/C21H27FN4O2S.CH2O2/c22-20-14(10-25-6-1-2-7-25)4-3-5-18(20)28-19-9-16-12-26(21-24-23-13-29-21)11-15(16)8-17(19)27;2-1-3/h3-5,13,15-17,19,27H,1-2,6-12H2;1H,(H,2,3)/t15-,16+,17+,19+;/m0./s1. The molecule has 1 aromatic carbocycles. The van der Waals surface area contributed by atoms with Gasteiger partial charge in [0, 0.05) is 25.2 Å². The zero-order valence-corrected chi connectivity index (χ0v) is 18.7. The highest BCUT2D eigenvalue weighted by atomic mass is 32.1. The number of carbonyl (C=O) groups is 1. The van der Waals surface area contributed by atoms with Crippen molar-refractivity contribution in [3.8, 4) is 5.75 Å². The van der Waals surface area contributed by atoms with Gasteiger partial charge >= 0.3 is 0 Å². The number of carboxylic acid groups (broad SMARTS) is 1. The summed E-state index contributed by atoms with van der Waals surface area (Å²) in [5, 5.41) is 26.6. The molecule has 1 aromatic heterocycles. The van der Waals surface area contributed by atoms with E-state index in [1.807, 2.05) is 12.1 Å². The Morgan fingerprint density at radius 2 is 1.94 bits per heavy atom. The van der Waals surface area contributed by atoms with E-state index in [0.717, 1.165) is 37.7 Å². The molecule has 2 aliphatic heterocycles. The van der Waals surface area contributed by atoms with E-state index in [2.05, 4.69) is 20.0 Å². The van der Waals surface area contributed by atoms with Crippen LogP contribution in [0.4, 0.5) is 9.52 Å². The van der Waals surface area contributed by atoms with E-state index in [1.54, 1.807) is 22.9 Å². The van der Waals surface area contributed by atoms with Crippen molar-refractivity contribution < 1.29 is 24.1 Å². The van der Waals surface area contributed by atoms with E-state index in [1.165, 1.54) is 12.8 Å². The van der Waals surface area contributed by atoms with Gasteiger partial charge in [-0.25, -0.2) is 4.39 Å². The predicted molar refractivity (Wildman–Crippen MR) is 118 cm³/mol. The largest absolute Gasteiger partial charge is 0.485 e. The average molecular weight is 465 g/mol. The van der Waals surface area contributed by atoms with Crippen molar-refractivity contribution >= 4 is 22.9 Å². The van der Waals surface area contributed by atoms with Gasteiger partial charge in [-0.3, -0.25) is 9.69 Å². The highest BCUT2D eigenvalue weighted by molar-refractivity contribution is 7.13. The van der Waals surface area contributed by atoms with Gasteiger partial charge in [0.15, 0.2) is 11.6 Å². The topological polar surface area (TPSA) is 99.0 Å². The van der Waals surface area contributed by atoms with Crippen molar-refractivity contribution in [2.24, 2.45) is 11.8 Å². The van der Waals surface area contributed by atoms with Crippen molar-refractivity contribution in [2.75, 3.05) is 31.1 Å². The van der Waals surface area contributed by atoms with Crippen LogP contribution in [0.5, 0.6) is 5.75 Å². The van der Waals surface area contributed by atoms with E-state index in [-0.39, 0.29) is 24.1 Å². The molecule has 0 bridgehead atoms. The maximum absolute atomic E-state index is 15.1. The number of likely N-dealkylation sites (tertiary alicyclic amines) is 1. The number of halogens is 1. The minimum absolute atomic E-state index is 0.250. The third-order valence-corrected chi connectivity index (χ3v) is 7.37. The molecule has 10 heteroatoms. The summed E-state index contributed by atoms with van der Waals surface area (Å²) in [6, 6.07) is 5.38. The smallest absolute Gasteiger partial charge is 0.290 e. The highest BCUT2D eigenvalue weighted by Crippen LogP contribution is 2.40. The molecular formula is C22H29FN4O4S. The number of nitrogens with zero attached hydrogens (tertiary/aromatic N) is 4. The Morgan fingerprint density at radius 3 is 2.62 bits per heavy atom. The van der Waals surface area contributed by atoms with Crippen LogP contribution in [0.2, 0.25) is 0 Å². The Morgan fingerprint density at radius 1 is 1.22 bits per heavy atom. The van der Waals surface area contributed by atoms with Crippen molar-refractivity contribution in [3.05, 3.63) is 35.1 Å². The predicted octanol–water partition coefficient (Wildman–Crippen LogP) is 2.63. The Labute approximate surface area is 190 Å². The number of benzene rings is 1. The van der Waals surface area contributed by atoms with Crippen LogP contribution in [-0.4, -0.2) is 70.2 Å². The van der Waals surface area contributed by atoms with Gasteiger partial charge in [0.2, 0.25) is 5.13 Å². The van der Waals surface area contributed by atoms with Gasteiger partial charge < -0.3 is 19.8 Å². The fourth-order valence-electron chi connectivity index (χ4n) is 5.09. The van der Waals surface area contributed by atoms with Gasteiger partial charge in [-0.1, -0.05) is 23.5 Å². The molecule has 0 amide bonds. The Bertz CT molecular complexity index is 881. The number of hydrogen-bond donors (Lipinski definition) is 2. The second-order valence-electron chi connectivity index (χ2n) is 8.66. The van der Waals surface area contributed by atoms with Crippen molar-refractivity contribution in [1.82, 2.24) is 15.1 Å². The van der Waals surface area contributed by atoms with Gasteiger partial charge in [-0.05, 0) is 56.7 Å². The fourth-order valence-corrected chi connectivity index (χ4v) is 5.67. The number of aliphatic hydroxyl groups is 1. The summed E-state index contributed by atoms with van der Waals surface area (Å²) in [4.78, 5) is 12.9. The molecule has 0 unspecified atom stereocenters. The average Bonchev–Trinajstić information content (AvgIpc) is 3.53. The summed E-state index contributed by atoms with van der Waals surface area (Å²) in [5.74, 6) is 0.821. The molecule has 0 radical (unpaired) electrons. The second kappa shape index (κ2) is 10.5. The maximum atomic E-state index is 15.1. The molecule has 3 aliphatic rings. The van der Waals surface area contributed by atoms with E-state index < -0.39 is 6.10 Å². The highest BCUT2D eigenvalue weighted by Gasteiger charge is 2.43. The molecule has 1 saturated carbocycles. The third kappa shape index (κ3) is 5.19. The summed E-state index contributed by atoms with van der Waals surface area (Å²) < 4.78 is 21.1. The minimum atomic E-state index is -0.577. The molecule has 32 heavy (non-hydrogen) atoms. The lowest BCUT2D eigenvalue weighted by Crippen LogP contribution is -2.42. The summed E-state index contributed by atoms with van der Waals surface area (Å²) in [7, 11) is 0. The lowest BCUT2D eigenvalue weighted by molar-refractivity contribution is -0.122. The van der Waals surface area contributed by atoms with E-state index in [0.29, 0.717) is 30.4 Å². The number of anilines is 1. The Hall–Kier alpha value is -2.30. The molecule has 2 N–H and O–H groups in total. The molecule has 4 atom stereocenters. The first-order chi connectivity index (χ1) is 15.6. The first-order valence-electron chi connectivity index (χ1n) is 11.0. The van der Waals surface area contributed by atoms with E-state index >= 15 is 4.39 Å². The third-order valence-electron chi connectivity index (χ3n) is 6.62. The van der Waals surface area contributed by atoms with Crippen LogP contribution in [0.3, 0.4) is 0 Å². The molecule has 0 spiro atoms. The number of aromatic nitrogens is 2. The molecule has 3 heterocycles. The second-order valence-corrected chi connectivity index (χ2v) is 9.47.